The zero-order valence-corrected chi connectivity index (χ0v) is 9.96. The summed E-state index contributed by atoms with van der Waals surface area (Å²) in [6, 6.07) is -0.385. The van der Waals surface area contributed by atoms with Crippen LogP contribution in [0.25, 0.3) is 0 Å². The molecule has 1 fully saturated rings. The molecule has 88 valence electrons. The number of H-pyrrole nitrogens is 1. The molecule has 7 heteroatoms. The highest BCUT2D eigenvalue weighted by molar-refractivity contribution is 7.71. The van der Waals surface area contributed by atoms with E-state index in [0.29, 0.717) is 4.77 Å². The summed E-state index contributed by atoms with van der Waals surface area (Å²) in [6.45, 7) is 3.45. The fraction of sp³-hybridized carbons (Fsp3) is 0.667. The van der Waals surface area contributed by atoms with E-state index >= 15 is 0 Å². The average Bonchev–Trinajstić information content (AvgIpc) is 2.87. The number of aromatic nitrogens is 3. The Labute approximate surface area is 98.4 Å². The number of carbonyl (C=O) groups excluding carboxylic acids is 1. The Morgan fingerprint density at radius 2 is 2.19 bits per heavy atom. The molecule has 1 aliphatic rings. The van der Waals surface area contributed by atoms with Crippen LogP contribution in [0.15, 0.2) is 0 Å². The van der Waals surface area contributed by atoms with Crippen LogP contribution in [0.1, 0.15) is 25.8 Å². The second kappa shape index (κ2) is 4.25. The van der Waals surface area contributed by atoms with Gasteiger partial charge in [0.15, 0.2) is 4.77 Å². The number of hydrogen-bond donors (Lipinski definition) is 2. The molecule has 3 N–H and O–H groups in total. The summed E-state index contributed by atoms with van der Waals surface area (Å²) in [7, 11) is 0. The topological polar surface area (TPSA) is 79.9 Å². The standard InChI is InChI=1S/C9H15N5OS/c1-6(7(15)13-4-2-3-5-13)14-8(10)11-12-9(14)16/h6H,2-5H2,1H3,(H2,10,11)(H,12,16). The van der Waals surface area contributed by atoms with Crippen molar-refractivity contribution in [2.75, 3.05) is 18.8 Å². The van der Waals surface area contributed by atoms with E-state index in [0.717, 1.165) is 25.9 Å². The summed E-state index contributed by atoms with van der Waals surface area (Å²) < 4.78 is 1.94. The number of hydrogen-bond acceptors (Lipinski definition) is 4. The first-order valence-electron chi connectivity index (χ1n) is 5.32. The summed E-state index contributed by atoms with van der Waals surface area (Å²) in [6.07, 6.45) is 2.15. The first-order chi connectivity index (χ1) is 7.61. The van der Waals surface area contributed by atoms with Crippen LogP contribution in [-0.4, -0.2) is 38.7 Å². The molecular formula is C9H15N5OS. The van der Waals surface area contributed by atoms with Crippen molar-refractivity contribution in [2.45, 2.75) is 25.8 Å². The highest BCUT2D eigenvalue weighted by Gasteiger charge is 2.26. The van der Waals surface area contributed by atoms with Crippen molar-refractivity contribution >= 4 is 24.1 Å². The molecule has 0 saturated carbocycles. The van der Waals surface area contributed by atoms with Crippen LogP contribution in [0.2, 0.25) is 0 Å². The Morgan fingerprint density at radius 1 is 1.56 bits per heavy atom. The highest BCUT2D eigenvalue weighted by atomic mass is 32.1. The van der Waals surface area contributed by atoms with Crippen molar-refractivity contribution < 1.29 is 4.79 Å². The fourth-order valence-corrected chi connectivity index (χ4v) is 2.30. The van der Waals surface area contributed by atoms with Gasteiger partial charge in [0.25, 0.3) is 0 Å². The van der Waals surface area contributed by atoms with Gasteiger partial charge in [0.05, 0.1) is 0 Å². The van der Waals surface area contributed by atoms with Crippen molar-refractivity contribution in [3.05, 3.63) is 4.77 Å². The minimum Gasteiger partial charge on any atom is -0.368 e. The number of nitrogens with one attached hydrogen (secondary N) is 1. The van der Waals surface area contributed by atoms with Gasteiger partial charge in [0.2, 0.25) is 11.9 Å². The largest absolute Gasteiger partial charge is 0.368 e. The molecule has 0 spiro atoms. The number of amides is 1. The Hall–Kier alpha value is -1.37. The van der Waals surface area contributed by atoms with E-state index in [2.05, 4.69) is 10.2 Å². The lowest BCUT2D eigenvalue weighted by atomic mass is 10.3. The van der Waals surface area contributed by atoms with E-state index in [4.69, 9.17) is 18.0 Å². The first kappa shape index (κ1) is 11.1. The monoisotopic (exact) mass is 241 g/mol. The van der Waals surface area contributed by atoms with Crippen LogP contribution in [0.3, 0.4) is 0 Å². The van der Waals surface area contributed by atoms with Crippen LogP contribution in [0.5, 0.6) is 0 Å². The van der Waals surface area contributed by atoms with Gasteiger partial charge >= 0.3 is 0 Å². The Balaban J connectivity index is 2.21. The minimum absolute atomic E-state index is 0.0571. The average molecular weight is 241 g/mol. The first-order valence-corrected chi connectivity index (χ1v) is 5.73. The van der Waals surface area contributed by atoms with Gasteiger partial charge in [-0.3, -0.25) is 9.36 Å². The van der Waals surface area contributed by atoms with E-state index in [1.165, 1.54) is 0 Å². The van der Waals surface area contributed by atoms with Crippen LogP contribution < -0.4 is 5.73 Å². The maximum absolute atomic E-state index is 12.1. The molecule has 0 aliphatic carbocycles. The van der Waals surface area contributed by atoms with E-state index < -0.39 is 0 Å². The lowest BCUT2D eigenvalue weighted by molar-refractivity contribution is -0.133. The van der Waals surface area contributed by atoms with E-state index in [1.807, 2.05) is 4.90 Å². The molecule has 1 saturated heterocycles. The molecule has 1 aromatic rings. The van der Waals surface area contributed by atoms with Crippen LogP contribution in [-0.2, 0) is 4.79 Å². The Morgan fingerprint density at radius 3 is 2.69 bits per heavy atom. The molecule has 1 aromatic heterocycles. The lowest BCUT2D eigenvalue weighted by Crippen LogP contribution is -2.34. The Bertz CT molecular complexity index is 445. The molecular weight excluding hydrogens is 226 g/mol. The number of rotatable bonds is 2. The van der Waals surface area contributed by atoms with Crippen LogP contribution in [0.4, 0.5) is 5.95 Å². The maximum Gasteiger partial charge on any atom is 0.245 e. The number of carbonyl (C=O) groups is 1. The number of nitrogens with two attached hydrogens (primary N) is 1. The predicted molar refractivity (Wildman–Crippen MR) is 62.3 cm³/mol. The zero-order chi connectivity index (χ0) is 11.7. The molecule has 0 aromatic carbocycles. The molecule has 1 unspecified atom stereocenters. The molecule has 6 nitrogen and oxygen atoms in total. The van der Waals surface area contributed by atoms with Gasteiger partial charge in [-0.05, 0) is 32.0 Å². The Kier molecular flexibility index (Phi) is 2.95. The molecule has 1 atom stereocenters. The normalized spacial score (nSPS) is 17.7. The zero-order valence-electron chi connectivity index (χ0n) is 9.14. The molecule has 0 radical (unpaired) electrons. The summed E-state index contributed by atoms with van der Waals surface area (Å²) in [5.74, 6) is 0.312. The number of likely N-dealkylation sites (tertiary alicyclic amines) is 1. The van der Waals surface area contributed by atoms with Gasteiger partial charge in [-0.1, -0.05) is 0 Å². The number of anilines is 1. The van der Waals surface area contributed by atoms with Crippen LogP contribution >= 0.6 is 12.2 Å². The minimum atomic E-state index is -0.385. The predicted octanol–water partition coefficient (Wildman–Crippen LogP) is 0.706. The summed E-state index contributed by atoms with van der Waals surface area (Å²) >= 11 is 5.04. The molecule has 1 aliphatic heterocycles. The van der Waals surface area contributed by atoms with E-state index in [1.54, 1.807) is 11.5 Å². The highest BCUT2D eigenvalue weighted by Crippen LogP contribution is 2.17. The van der Waals surface area contributed by atoms with E-state index in [-0.39, 0.29) is 17.9 Å². The van der Waals surface area contributed by atoms with Crippen molar-refractivity contribution in [2.24, 2.45) is 0 Å². The van der Waals surface area contributed by atoms with Crippen molar-refractivity contribution in [1.82, 2.24) is 19.7 Å². The van der Waals surface area contributed by atoms with E-state index in [9.17, 15) is 4.79 Å². The summed E-state index contributed by atoms with van der Waals surface area (Å²) in [4.78, 5) is 14.0. The van der Waals surface area contributed by atoms with Gasteiger partial charge < -0.3 is 10.6 Å². The second-order valence-corrected chi connectivity index (χ2v) is 4.35. The third-order valence-electron chi connectivity index (χ3n) is 2.89. The number of nitrogen functional groups attached to an aromatic ring is 1. The third kappa shape index (κ3) is 1.82. The second-order valence-electron chi connectivity index (χ2n) is 3.97. The van der Waals surface area contributed by atoms with Crippen molar-refractivity contribution in [3.8, 4) is 0 Å². The van der Waals surface area contributed by atoms with Gasteiger partial charge in [-0.2, -0.15) is 0 Å². The maximum atomic E-state index is 12.1. The number of nitrogens with zero attached hydrogens (tertiary/aromatic N) is 3. The fourth-order valence-electron chi connectivity index (χ4n) is 2.00. The summed E-state index contributed by atoms with van der Waals surface area (Å²) in [5, 5.41) is 6.38. The quantitative estimate of drug-likeness (QED) is 0.747. The molecule has 16 heavy (non-hydrogen) atoms. The molecule has 2 heterocycles. The number of aromatic amines is 1. The smallest absolute Gasteiger partial charge is 0.245 e. The van der Waals surface area contributed by atoms with Gasteiger partial charge in [-0.25, -0.2) is 5.10 Å². The van der Waals surface area contributed by atoms with Crippen molar-refractivity contribution in [1.29, 1.82) is 0 Å². The van der Waals surface area contributed by atoms with Crippen molar-refractivity contribution in [3.63, 3.8) is 0 Å². The van der Waals surface area contributed by atoms with Crippen LogP contribution in [0, 0.1) is 4.77 Å². The lowest BCUT2D eigenvalue weighted by Gasteiger charge is -2.21. The van der Waals surface area contributed by atoms with Gasteiger partial charge in [-0.15, -0.1) is 5.10 Å². The van der Waals surface area contributed by atoms with Gasteiger partial charge in [0, 0.05) is 13.1 Å². The molecule has 0 bridgehead atoms. The molecule has 1 amide bonds. The SMILES string of the molecule is CC(C(=O)N1CCCC1)n1c(N)n[nH]c1=S. The van der Waals surface area contributed by atoms with Gasteiger partial charge in [0.1, 0.15) is 6.04 Å². The third-order valence-corrected chi connectivity index (χ3v) is 3.18. The molecule has 2 rings (SSSR count). The summed E-state index contributed by atoms with van der Waals surface area (Å²) in [5.41, 5.74) is 5.66.